The number of hydrogen-bond acceptors (Lipinski definition) is 4. The second-order valence-electron chi connectivity index (χ2n) is 18.8. The van der Waals surface area contributed by atoms with Crippen molar-refractivity contribution in [1.82, 2.24) is 5.32 Å². The van der Waals surface area contributed by atoms with Crippen LogP contribution in [0, 0.1) is 0 Å². The Morgan fingerprint density at radius 1 is 0.387 bits per heavy atom. The highest BCUT2D eigenvalue weighted by Crippen LogP contribution is 2.16. The monoisotopic (exact) mass is 870 g/mol. The molecule has 4 N–H and O–H groups in total. The first-order valence-corrected chi connectivity index (χ1v) is 27.5. The minimum absolute atomic E-state index is 0.382. The third-order valence-corrected chi connectivity index (χ3v) is 12.6. The molecule has 0 aliphatic rings. The fourth-order valence-electron chi connectivity index (χ4n) is 8.33. The van der Waals surface area contributed by atoms with Crippen LogP contribution in [-0.4, -0.2) is 46.1 Å². The van der Waals surface area contributed by atoms with Crippen LogP contribution >= 0.6 is 0 Å². The average molecular weight is 870 g/mol. The lowest BCUT2D eigenvalue weighted by atomic mass is 10.0. The van der Waals surface area contributed by atoms with Crippen LogP contribution in [0.1, 0.15) is 284 Å². The van der Waals surface area contributed by atoms with E-state index in [9.17, 15) is 20.1 Å². The maximum Gasteiger partial charge on any atom is 0.249 e. The van der Waals surface area contributed by atoms with Gasteiger partial charge in [-0.05, 0) is 70.6 Å². The van der Waals surface area contributed by atoms with Crippen LogP contribution in [0.25, 0.3) is 0 Å². The Hall–Kier alpha value is -1.69. The summed E-state index contributed by atoms with van der Waals surface area (Å²) in [5.74, 6) is -0.517. The van der Waals surface area contributed by atoms with Gasteiger partial charge in [0.2, 0.25) is 5.91 Å². The normalized spacial score (nSPS) is 13.7. The van der Waals surface area contributed by atoms with Crippen molar-refractivity contribution >= 4 is 5.91 Å². The molecule has 5 heteroatoms. The second-order valence-corrected chi connectivity index (χ2v) is 18.8. The lowest BCUT2D eigenvalue weighted by molar-refractivity contribution is -0.131. The highest BCUT2D eigenvalue weighted by Gasteiger charge is 2.22. The Bertz CT molecular complexity index is 1000. The molecule has 5 nitrogen and oxygen atoms in total. The molecule has 0 saturated carbocycles. The van der Waals surface area contributed by atoms with Gasteiger partial charge < -0.3 is 20.6 Å². The molecule has 0 saturated heterocycles. The fraction of sp³-hybridized carbons (Fsp3) is 0.842. The summed E-state index contributed by atoms with van der Waals surface area (Å²) in [5.41, 5.74) is 0. The Morgan fingerprint density at radius 3 is 0.984 bits per heavy atom. The van der Waals surface area contributed by atoms with Crippen molar-refractivity contribution in [2.45, 2.75) is 302 Å². The van der Waals surface area contributed by atoms with E-state index in [2.05, 4.69) is 55.6 Å². The lowest BCUT2D eigenvalue weighted by Crippen LogP contribution is -2.48. The molecule has 0 aromatic carbocycles. The maximum absolute atomic E-state index is 12.5. The highest BCUT2D eigenvalue weighted by atomic mass is 16.3. The molecule has 0 aromatic rings. The largest absolute Gasteiger partial charge is 0.394 e. The van der Waals surface area contributed by atoms with E-state index in [0.29, 0.717) is 6.42 Å². The van der Waals surface area contributed by atoms with Gasteiger partial charge in [0.25, 0.3) is 0 Å². The molecule has 0 fully saturated rings. The van der Waals surface area contributed by atoms with Gasteiger partial charge in [-0.3, -0.25) is 4.79 Å². The summed E-state index contributed by atoms with van der Waals surface area (Å²) in [7, 11) is 0. The summed E-state index contributed by atoms with van der Waals surface area (Å²) < 4.78 is 0. The topological polar surface area (TPSA) is 89.8 Å². The smallest absolute Gasteiger partial charge is 0.249 e. The molecule has 3 unspecified atom stereocenters. The molecule has 0 spiro atoms. The van der Waals surface area contributed by atoms with Gasteiger partial charge in [0.1, 0.15) is 6.10 Å². The van der Waals surface area contributed by atoms with E-state index in [1.54, 1.807) is 6.08 Å². The third kappa shape index (κ3) is 46.3. The zero-order chi connectivity index (χ0) is 45.1. The van der Waals surface area contributed by atoms with E-state index in [4.69, 9.17) is 0 Å². The van der Waals surface area contributed by atoms with Crippen molar-refractivity contribution < 1.29 is 20.1 Å². The van der Waals surface area contributed by atoms with Crippen molar-refractivity contribution in [3.63, 3.8) is 0 Å². The van der Waals surface area contributed by atoms with E-state index in [1.807, 2.05) is 6.08 Å². The molecular weight excluding hydrogens is 763 g/mol. The first kappa shape index (κ1) is 60.3. The molecular formula is C57H107NO4. The zero-order valence-corrected chi connectivity index (χ0v) is 41.5. The quantitative estimate of drug-likeness (QED) is 0.0362. The first-order valence-electron chi connectivity index (χ1n) is 27.5. The van der Waals surface area contributed by atoms with Crippen LogP contribution in [0.2, 0.25) is 0 Å². The van der Waals surface area contributed by atoms with E-state index in [1.165, 1.54) is 218 Å². The highest BCUT2D eigenvalue weighted by molar-refractivity contribution is 5.80. The van der Waals surface area contributed by atoms with Gasteiger partial charge >= 0.3 is 0 Å². The summed E-state index contributed by atoms with van der Waals surface area (Å²) in [5, 5.41) is 33.3. The van der Waals surface area contributed by atoms with E-state index >= 15 is 0 Å². The van der Waals surface area contributed by atoms with Crippen molar-refractivity contribution in [2.24, 2.45) is 0 Å². The van der Waals surface area contributed by atoms with Crippen LogP contribution in [0.15, 0.2) is 48.6 Å². The van der Waals surface area contributed by atoms with Crippen LogP contribution in [0.5, 0.6) is 0 Å². The predicted molar refractivity (Wildman–Crippen MR) is 273 cm³/mol. The molecule has 0 aliphatic carbocycles. The van der Waals surface area contributed by atoms with Crippen LogP contribution in [0.3, 0.4) is 0 Å². The molecule has 1 amide bonds. The Balaban J connectivity index is 3.66. The number of aliphatic hydroxyl groups excluding tert-OH is 3. The second kappa shape index (κ2) is 51.9. The lowest BCUT2D eigenvalue weighted by Gasteiger charge is -2.21. The Labute approximate surface area is 387 Å². The van der Waals surface area contributed by atoms with Gasteiger partial charge in [0.05, 0.1) is 18.8 Å². The van der Waals surface area contributed by atoms with Crippen molar-refractivity contribution in [3.05, 3.63) is 48.6 Å². The molecule has 0 aromatic heterocycles. The number of aliphatic hydroxyl groups is 3. The average Bonchev–Trinajstić information content (AvgIpc) is 3.28. The van der Waals surface area contributed by atoms with Gasteiger partial charge in [0.15, 0.2) is 0 Å². The molecule has 62 heavy (non-hydrogen) atoms. The first-order chi connectivity index (χ1) is 30.6. The van der Waals surface area contributed by atoms with Gasteiger partial charge in [-0.1, -0.05) is 262 Å². The van der Waals surface area contributed by atoms with Crippen molar-refractivity contribution in [1.29, 1.82) is 0 Å². The number of unbranched alkanes of at least 4 members (excludes halogenated alkanes) is 36. The number of amides is 1. The number of rotatable bonds is 50. The zero-order valence-electron chi connectivity index (χ0n) is 41.5. The van der Waals surface area contributed by atoms with Crippen molar-refractivity contribution in [3.8, 4) is 0 Å². The van der Waals surface area contributed by atoms with E-state index in [0.717, 1.165) is 44.9 Å². The molecule has 0 bridgehead atoms. The number of carbonyl (C=O) groups is 1. The number of nitrogens with one attached hydrogen (secondary N) is 1. The minimum Gasteiger partial charge on any atom is -0.394 e. The van der Waals surface area contributed by atoms with Crippen molar-refractivity contribution in [2.75, 3.05) is 6.61 Å². The summed E-state index contributed by atoms with van der Waals surface area (Å²) in [4.78, 5) is 12.5. The standard InChI is InChI=1S/C57H107NO4/c1-3-5-7-9-11-13-15-17-19-21-23-25-27-28-30-32-34-36-38-40-42-44-46-48-50-52-56(61)57(62)58-54(53-59)55(60)51-49-47-45-43-41-39-37-35-33-31-29-26-24-22-20-18-16-14-12-10-8-6-4-2/h28,30,33,35,41,43,49,51,54-56,59-61H,3-27,29,31-32,34,36-40,42,44-48,50,52-53H2,1-2H3,(H,58,62)/b30-28-,35-33+,43-41+,51-49+. The third-order valence-electron chi connectivity index (χ3n) is 12.6. The molecule has 0 aliphatic heterocycles. The Kier molecular flexibility index (Phi) is 50.5. The fourth-order valence-corrected chi connectivity index (χ4v) is 8.33. The number of allylic oxidation sites excluding steroid dienone is 7. The SMILES string of the molecule is CCCCCCCCCCCCCC/C=C\CCCCCCCCCCCC(O)C(=O)NC(CO)C(O)/C=C/CC/C=C/CC/C=C/CCCCCCCCCCCCCCC. The van der Waals surface area contributed by atoms with Crippen LogP contribution in [0.4, 0.5) is 0 Å². The maximum atomic E-state index is 12.5. The minimum atomic E-state index is -1.11. The van der Waals surface area contributed by atoms with E-state index < -0.39 is 24.2 Å². The number of hydrogen-bond donors (Lipinski definition) is 4. The Morgan fingerprint density at radius 2 is 0.661 bits per heavy atom. The molecule has 364 valence electrons. The van der Waals surface area contributed by atoms with Gasteiger partial charge in [-0.15, -0.1) is 0 Å². The molecule has 0 rings (SSSR count). The van der Waals surface area contributed by atoms with Crippen LogP contribution in [-0.2, 0) is 4.79 Å². The van der Waals surface area contributed by atoms with Gasteiger partial charge in [-0.2, -0.15) is 0 Å². The van der Waals surface area contributed by atoms with Gasteiger partial charge in [-0.25, -0.2) is 0 Å². The molecule has 0 heterocycles. The molecule has 3 atom stereocenters. The van der Waals surface area contributed by atoms with E-state index in [-0.39, 0.29) is 6.61 Å². The van der Waals surface area contributed by atoms with Gasteiger partial charge in [0, 0.05) is 0 Å². The van der Waals surface area contributed by atoms with Crippen LogP contribution < -0.4 is 5.32 Å². The summed E-state index contributed by atoms with van der Waals surface area (Å²) in [6.45, 7) is 4.19. The predicted octanol–water partition coefficient (Wildman–Crippen LogP) is 16.8. The number of carbonyl (C=O) groups excluding carboxylic acids is 1. The summed E-state index contributed by atoms with van der Waals surface area (Å²) in [6.07, 6.45) is 69.0. The summed E-state index contributed by atoms with van der Waals surface area (Å²) in [6, 6.07) is -0.824. The summed E-state index contributed by atoms with van der Waals surface area (Å²) >= 11 is 0. The molecule has 0 radical (unpaired) electrons.